The maximum atomic E-state index is 6.21. The molecule has 0 heterocycles. The maximum absolute atomic E-state index is 6.21. The lowest BCUT2D eigenvalue weighted by Gasteiger charge is -2.36. The number of rotatable bonds is 9. The Hall–Kier alpha value is -0.0800. The summed E-state index contributed by atoms with van der Waals surface area (Å²) in [4.78, 5) is 0. The van der Waals surface area contributed by atoms with Crippen LogP contribution in [0.1, 0.15) is 71.6 Å². The highest BCUT2D eigenvalue weighted by Gasteiger charge is 2.34. The topological polar surface area (TPSA) is 21.3 Å². The van der Waals surface area contributed by atoms with E-state index in [1.54, 1.807) is 0 Å². The SMILES string of the molecule is CCCNC(CC1CC1)C(OCC)C1CCCCC1. The second-order valence-electron chi connectivity index (χ2n) is 6.56. The van der Waals surface area contributed by atoms with Gasteiger partial charge in [-0.25, -0.2) is 0 Å². The van der Waals surface area contributed by atoms with Gasteiger partial charge in [0.2, 0.25) is 0 Å². The zero-order chi connectivity index (χ0) is 13.5. The predicted octanol–water partition coefficient (Wildman–Crippen LogP) is 4.14. The average molecular weight is 267 g/mol. The Balaban J connectivity index is 1.93. The summed E-state index contributed by atoms with van der Waals surface area (Å²) in [5.41, 5.74) is 0. The fraction of sp³-hybridized carbons (Fsp3) is 1.00. The van der Waals surface area contributed by atoms with E-state index < -0.39 is 0 Å². The Morgan fingerprint density at radius 3 is 2.37 bits per heavy atom. The molecular weight excluding hydrogens is 234 g/mol. The first-order valence-corrected chi connectivity index (χ1v) is 8.70. The van der Waals surface area contributed by atoms with Gasteiger partial charge in [0.05, 0.1) is 6.10 Å². The van der Waals surface area contributed by atoms with Gasteiger partial charge in [-0.05, 0) is 51.0 Å². The molecule has 0 amide bonds. The molecule has 0 aliphatic heterocycles. The Morgan fingerprint density at radius 1 is 1.05 bits per heavy atom. The van der Waals surface area contributed by atoms with Gasteiger partial charge in [0.15, 0.2) is 0 Å². The number of hydrogen-bond acceptors (Lipinski definition) is 2. The van der Waals surface area contributed by atoms with Gasteiger partial charge in [0.1, 0.15) is 0 Å². The monoisotopic (exact) mass is 267 g/mol. The zero-order valence-corrected chi connectivity index (χ0v) is 13.0. The van der Waals surface area contributed by atoms with Gasteiger partial charge in [-0.3, -0.25) is 0 Å². The van der Waals surface area contributed by atoms with Crippen LogP contribution in [0.5, 0.6) is 0 Å². The second kappa shape index (κ2) is 8.26. The van der Waals surface area contributed by atoms with Gasteiger partial charge in [-0.15, -0.1) is 0 Å². The van der Waals surface area contributed by atoms with Crippen LogP contribution < -0.4 is 5.32 Å². The van der Waals surface area contributed by atoms with E-state index in [4.69, 9.17) is 4.74 Å². The second-order valence-corrected chi connectivity index (χ2v) is 6.56. The van der Waals surface area contributed by atoms with Crippen molar-refractivity contribution in [2.75, 3.05) is 13.2 Å². The summed E-state index contributed by atoms with van der Waals surface area (Å²) < 4.78 is 6.21. The summed E-state index contributed by atoms with van der Waals surface area (Å²) in [6.07, 6.45) is 13.0. The molecule has 2 heteroatoms. The van der Waals surface area contributed by atoms with Gasteiger partial charge in [0.25, 0.3) is 0 Å². The lowest BCUT2D eigenvalue weighted by molar-refractivity contribution is -0.0204. The van der Waals surface area contributed by atoms with E-state index >= 15 is 0 Å². The molecule has 0 aromatic carbocycles. The Morgan fingerprint density at radius 2 is 1.79 bits per heavy atom. The van der Waals surface area contributed by atoms with Crippen molar-refractivity contribution in [3.8, 4) is 0 Å². The van der Waals surface area contributed by atoms with E-state index in [1.807, 2.05) is 0 Å². The quantitative estimate of drug-likeness (QED) is 0.678. The molecule has 0 saturated heterocycles. The lowest BCUT2D eigenvalue weighted by Crippen LogP contribution is -2.46. The van der Waals surface area contributed by atoms with Crippen molar-refractivity contribution in [2.24, 2.45) is 11.8 Å². The minimum Gasteiger partial charge on any atom is -0.377 e. The highest BCUT2D eigenvalue weighted by atomic mass is 16.5. The van der Waals surface area contributed by atoms with Crippen molar-refractivity contribution in [1.82, 2.24) is 5.32 Å². The van der Waals surface area contributed by atoms with Gasteiger partial charge < -0.3 is 10.1 Å². The van der Waals surface area contributed by atoms with Crippen molar-refractivity contribution < 1.29 is 4.74 Å². The van der Waals surface area contributed by atoms with Crippen LogP contribution in [-0.2, 0) is 4.74 Å². The molecule has 0 aromatic rings. The van der Waals surface area contributed by atoms with Crippen LogP contribution in [0.4, 0.5) is 0 Å². The fourth-order valence-electron chi connectivity index (χ4n) is 3.61. The first-order valence-electron chi connectivity index (χ1n) is 8.70. The van der Waals surface area contributed by atoms with E-state index in [-0.39, 0.29) is 0 Å². The first kappa shape index (κ1) is 15.3. The maximum Gasteiger partial charge on any atom is 0.0756 e. The minimum absolute atomic E-state index is 0.470. The van der Waals surface area contributed by atoms with E-state index in [0.29, 0.717) is 12.1 Å². The van der Waals surface area contributed by atoms with Crippen molar-refractivity contribution in [2.45, 2.75) is 83.8 Å². The molecule has 2 unspecified atom stereocenters. The molecule has 2 atom stereocenters. The third kappa shape index (κ3) is 5.07. The summed E-state index contributed by atoms with van der Waals surface area (Å²) >= 11 is 0. The van der Waals surface area contributed by atoms with Crippen LogP contribution in [0.25, 0.3) is 0 Å². The molecule has 1 N–H and O–H groups in total. The average Bonchev–Trinajstić information content (AvgIpc) is 3.26. The number of hydrogen-bond donors (Lipinski definition) is 1. The summed E-state index contributed by atoms with van der Waals surface area (Å²) in [5.74, 6) is 1.79. The van der Waals surface area contributed by atoms with Crippen molar-refractivity contribution in [3.05, 3.63) is 0 Å². The molecule has 0 spiro atoms. The van der Waals surface area contributed by atoms with Crippen LogP contribution in [0, 0.1) is 11.8 Å². The van der Waals surface area contributed by atoms with Gasteiger partial charge >= 0.3 is 0 Å². The molecule has 2 nitrogen and oxygen atoms in total. The molecule has 2 aliphatic rings. The molecule has 0 radical (unpaired) electrons. The van der Waals surface area contributed by atoms with Crippen LogP contribution in [0.15, 0.2) is 0 Å². The fourth-order valence-corrected chi connectivity index (χ4v) is 3.61. The molecule has 19 heavy (non-hydrogen) atoms. The predicted molar refractivity (Wildman–Crippen MR) is 81.4 cm³/mol. The molecule has 0 bridgehead atoms. The van der Waals surface area contributed by atoms with Gasteiger partial charge in [-0.1, -0.05) is 39.0 Å². The van der Waals surface area contributed by atoms with E-state index in [1.165, 1.54) is 57.8 Å². The van der Waals surface area contributed by atoms with Crippen LogP contribution in [-0.4, -0.2) is 25.3 Å². The third-order valence-electron chi connectivity index (χ3n) is 4.81. The number of nitrogens with one attached hydrogen (secondary N) is 1. The first-order chi connectivity index (χ1) is 9.35. The van der Waals surface area contributed by atoms with Gasteiger partial charge in [-0.2, -0.15) is 0 Å². The summed E-state index contributed by atoms with van der Waals surface area (Å²) in [7, 11) is 0. The standard InChI is InChI=1S/C17H33NO/c1-3-12-18-16(13-14-10-11-14)17(19-4-2)15-8-6-5-7-9-15/h14-18H,3-13H2,1-2H3. The van der Waals surface area contributed by atoms with Crippen LogP contribution >= 0.6 is 0 Å². The van der Waals surface area contributed by atoms with Crippen molar-refractivity contribution >= 4 is 0 Å². The third-order valence-corrected chi connectivity index (χ3v) is 4.81. The minimum atomic E-state index is 0.470. The smallest absolute Gasteiger partial charge is 0.0756 e. The molecular formula is C17H33NO. The largest absolute Gasteiger partial charge is 0.377 e. The summed E-state index contributed by atoms with van der Waals surface area (Å²) in [5, 5.41) is 3.80. The molecule has 2 saturated carbocycles. The van der Waals surface area contributed by atoms with Crippen LogP contribution in [0.2, 0.25) is 0 Å². The summed E-state index contributed by atoms with van der Waals surface area (Å²) in [6, 6.07) is 0.607. The van der Waals surface area contributed by atoms with Gasteiger partial charge in [0, 0.05) is 12.6 Å². The normalized spacial score (nSPS) is 24.3. The Bertz CT molecular complexity index is 233. The number of ether oxygens (including phenoxy) is 1. The molecule has 0 aromatic heterocycles. The van der Waals surface area contributed by atoms with Crippen molar-refractivity contribution in [1.29, 1.82) is 0 Å². The van der Waals surface area contributed by atoms with E-state index in [9.17, 15) is 0 Å². The molecule has 2 rings (SSSR count). The van der Waals surface area contributed by atoms with Crippen LogP contribution in [0.3, 0.4) is 0 Å². The van der Waals surface area contributed by atoms with E-state index in [2.05, 4.69) is 19.2 Å². The molecule has 2 aliphatic carbocycles. The van der Waals surface area contributed by atoms with E-state index in [0.717, 1.165) is 25.0 Å². The van der Waals surface area contributed by atoms with Crippen molar-refractivity contribution in [3.63, 3.8) is 0 Å². The Kier molecular flexibility index (Phi) is 6.66. The summed E-state index contributed by atoms with van der Waals surface area (Å²) in [6.45, 7) is 6.44. The lowest BCUT2D eigenvalue weighted by atomic mass is 9.81. The zero-order valence-electron chi connectivity index (χ0n) is 13.0. The molecule has 112 valence electrons. The highest BCUT2D eigenvalue weighted by Crippen LogP contribution is 2.37. The molecule has 2 fully saturated rings. The Labute approximate surface area is 119 Å². The highest BCUT2D eigenvalue weighted by molar-refractivity contribution is 4.89.